The van der Waals surface area contributed by atoms with Gasteiger partial charge < -0.3 is 20.0 Å². The minimum Gasteiger partial charge on any atom is -0.368 e. The Morgan fingerprint density at radius 1 is 1.07 bits per heavy atom. The van der Waals surface area contributed by atoms with E-state index in [1.54, 1.807) is 0 Å². The van der Waals surface area contributed by atoms with Crippen molar-refractivity contribution in [2.45, 2.75) is 13.8 Å². The lowest BCUT2D eigenvalue weighted by molar-refractivity contribution is 0.0946. The lowest BCUT2D eigenvalue weighted by Gasteiger charge is -2.38. The van der Waals surface area contributed by atoms with Crippen LogP contribution in [0, 0.1) is 13.8 Å². The van der Waals surface area contributed by atoms with Crippen LogP contribution in [0.2, 0.25) is 0 Å². The van der Waals surface area contributed by atoms with Gasteiger partial charge >= 0.3 is 0 Å². The molecule has 1 saturated heterocycles. The number of anilines is 2. The molecule has 3 rings (SSSR count). The molecule has 0 unspecified atom stereocenters. The van der Waals surface area contributed by atoms with Crippen LogP contribution in [-0.2, 0) is 0 Å². The molecule has 1 aliphatic rings. The van der Waals surface area contributed by atoms with Gasteiger partial charge in [-0.25, -0.2) is 4.98 Å². The number of amides is 1. The summed E-state index contributed by atoms with van der Waals surface area (Å²) in [4.78, 5) is 23.4. The highest BCUT2D eigenvalue weighted by Crippen LogP contribution is 2.25. The van der Waals surface area contributed by atoms with Gasteiger partial charge in [-0.05, 0) is 57.3 Å². The summed E-state index contributed by atoms with van der Waals surface area (Å²) >= 11 is 0. The summed E-state index contributed by atoms with van der Waals surface area (Å²) in [5.41, 5.74) is 5.58. The Labute approximate surface area is 168 Å². The van der Waals surface area contributed by atoms with Crippen molar-refractivity contribution < 1.29 is 4.79 Å². The molecule has 6 nitrogen and oxygen atoms in total. The Morgan fingerprint density at radius 3 is 2.43 bits per heavy atom. The number of carbonyl (C=O) groups excluding carboxylic acids is 1. The fourth-order valence-corrected chi connectivity index (χ4v) is 3.47. The van der Waals surface area contributed by atoms with Crippen LogP contribution in [-0.4, -0.2) is 69.2 Å². The number of benzene rings is 1. The van der Waals surface area contributed by atoms with Crippen molar-refractivity contribution in [1.29, 1.82) is 0 Å². The molecular formula is C22H31N5O. The van der Waals surface area contributed by atoms with Gasteiger partial charge in [0.25, 0.3) is 5.91 Å². The van der Waals surface area contributed by atoms with Crippen LogP contribution in [0.25, 0.3) is 0 Å². The Balaban J connectivity index is 1.56. The zero-order valence-corrected chi connectivity index (χ0v) is 17.4. The van der Waals surface area contributed by atoms with Gasteiger partial charge in [-0.1, -0.05) is 12.1 Å². The maximum atomic E-state index is 12.2. The molecule has 2 heterocycles. The van der Waals surface area contributed by atoms with Crippen LogP contribution in [0.3, 0.4) is 0 Å². The predicted octanol–water partition coefficient (Wildman–Crippen LogP) is 2.32. The highest BCUT2D eigenvalue weighted by atomic mass is 16.1. The third-order valence-electron chi connectivity index (χ3n) is 5.39. The maximum absolute atomic E-state index is 12.2. The maximum Gasteiger partial charge on any atom is 0.269 e. The standard InChI is InChI=1S/C22H31N5O/c1-17-6-5-7-21(18(17)2)27-14-12-26(13-15-27)19-8-9-20(24-16-19)22(28)23-10-11-25(3)4/h5-9,16H,10-15H2,1-4H3,(H,23,28). The number of hydrogen-bond donors (Lipinski definition) is 1. The molecule has 1 aromatic carbocycles. The Bertz CT molecular complexity index is 795. The van der Waals surface area contributed by atoms with Crippen LogP contribution in [0.4, 0.5) is 11.4 Å². The van der Waals surface area contributed by atoms with Gasteiger partial charge in [0.2, 0.25) is 0 Å². The van der Waals surface area contributed by atoms with E-state index in [0.29, 0.717) is 12.2 Å². The van der Waals surface area contributed by atoms with E-state index in [2.05, 4.69) is 52.1 Å². The molecule has 1 amide bonds. The smallest absolute Gasteiger partial charge is 0.269 e. The second-order valence-corrected chi connectivity index (χ2v) is 7.65. The largest absolute Gasteiger partial charge is 0.368 e. The highest BCUT2D eigenvalue weighted by molar-refractivity contribution is 5.92. The van der Waals surface area contributed by atoms with Gasteiger partial charge in [0.1, 0.15) is 5.69 Å². The van der Waals surface area contributed by atoms with Crippen molar-refractivity contribution in [3.05, 3.63) is 53.3 Å². The van der Waals surface area contributed by atoms with Crippen LogP contribution in [0.15, 0.2) is 36.5 Å². The summed E-state index contributed by atoms with van der Waals surface area (Å²) < 4.78 is 0. The van der Waals surface area contributed by atoms with Crippen LogP contribution in [0.1, 0.15) is 21.6 Å². The first-order chi connectivity index (χ1) is 13.5. The SMILES string of the molecule is Cc1cccc(N2CCN(c3ccc(C(=O)NCCN(C)C)nc3)CC2)c1C. The zero-order chi connectivity index (χ0) is 20.1. The molecule has 1 fully saturated rings. The minimum absolute atomic E-state index is 0.117. The molecule has 2 aromatic rings. The van der Waals surface area contributed by atoms with Gasteiger partial charge in [-0.15, -0.1) is 0 Å². The average molecular weight is 382 g/mol. The molecule has 0 spiro atoms. The van der Waals surface area contributed by atoms with Crippen molar-refractivity contribution in [3.63, 3.8) is 0 Å². The van der Waals surface area contributed by atoms with Gasteiger partial charge in [-0.2, -0.15) is 0 Å². The Kier molecular flexibility index (Phi) is 6.52. The summed E-state index contributed by atoms with van der Waals surface area (Å²) in [7, 11) is 3.97. The fraction of sp³-hybridized carbons (Fsp3) is 0.455. The predicted molar refractivity (Wildman–Crippen MR) is 115 cm³/mol. The first-order valence-electron chi connectivity index (χ1n) is 9.91. The molecule has 0 radical (unpaired) electrons. The second kappa shape index (κ2) is 9.06. The Hall–Kier alpha value is -2.60. The van der Waals surface area contributed by atoms with Crippen molar-refractivity contribution in [2.75, 3.05) is 63.2 Å². The number of hydrogen-bond acceptors (Lipinski definition) is 5. The number of carbonyl (C=O) groups is 1. The summed E-state index contributed by atoms with van der Waals surface area (Å²) in [6.45, 7) is 9.66. The molecule has 0 bridgehead atoms. The topological polar surface area (TPSA) is 51.7 Å². The van der Waals surface area contributed by atoms with E-state index in [4.69, 9.17) is 0 Å². The quantitative estimate of drug-likeness (QED) is 0.832. The number of pyridine rings is 1. The number of likely N-dealkylation sites (N-methyl/N-ethyl adjacent to an activating group) is 1. The Morgan fingerprint density at radius 2 is 1.79 bits per heavy atom. The molecule has 1 N–H and O–H groups in total. The lowest BCUT2D eigenvalue weighted by atomic mass is 10.1. The van der Waals surface area contributed by atoms with E-state index < -0.39 is 0 Å². The van der Waals surface area contributed by atoms with Crippen LogP contribution in [0.5, 0.6) is 0 Å². The minimum atomic E-state index is -0.117. The van der Waals surface area contributed by atoms with E-state index >= 15 is 0 Å². The summed E-state index contributed by atoms with van der Waals surface area (Å²) in [5, 5.41) is 2.90. The van der Waals surface area contributed by atoms with Gasteiger partial charge in [0.05, 0.1) is 11.9 Å². The van der Waals surface area contributed by atoms with Crippen LogP contribution < -0.4 is 15.1 Å². The number of aromatic nitrogens is 1. The number of aryl methyl sites for hydroxylation is 1. The van der Waals surface area contributed by atoms with E-state index in [-0.39, 0.29) is 5.91 Å². The van der Waals surface area contributed by atoms with E-state index in [1.165, 1.54) is 16.8 Å². The summed E-state index contributed by atoms with van der Waals surface area (Å²) in [5.74, 6) is -0.117. The number of nitrogens with one attached hydrogen (secondary N) is 1. The monoisotopic (exact) mass is 381 g/mol. The van der Waals surface area contributed by atoms with Crippen molar-refractivity contribution in [2.24, 2.45) is 0 Å². The lowest BCUT2D eigenvalue weighted by Crippen LogP contribution is -2.46. The molecule has 0 saturated carbocycles. The first-order valence-corrected chi connectivity index (χ1v) is 9.91. The van der Waals surface area contributed by atoms with E-state index in [0.717, 1.165) is 38.4 Å². The van der Waals surface area contributed by atoms with Gasteiger partial charge in [-0.3, -0.25) is 4.79 Å². The molecule has 0 atom stereocenters. The molecule has 6 heteroatoms. The molecular weight excluding hydrogens is 350 g/mol. The van der Waals surface area contributed by atoms with E-state index in [1.807, 2.05) is 37.3 Å². The zero-order valence-electron chi connectivity index (χ0n) is 17.4. The van der Waals surface area contributed by atoms with Crippen LogP contribution >= 0.6 is 0 Å². The van der Waals surface area contributed by atoms with Crippen molar-refractivity contribution in [1.82, 2.24) is 15.2 Å². The third-order valence-corrected chi connectivity index (χ3v) is 5.39. The highest BCUT2D eigenvalue weighted by Gasteiger charge is 2.19. The molecule has 1 aromatic heterocycles. The number of nitrogens with zero attached hydrogens (tertiary/aromatic N) is 4. The first kappa shape index (κ1) is 20.1. The molecule has 28 heavy (non-hydrogen) atoms. The molecule has 1 aliphatic heterocycles. The second-order valence-electron chi connectivity index (χ2n) is 7.65. The van der Waals surface area contributed by atoms with Crippen molar-refractivity contribution >= 4 is 17.3 Å². The third kappa shape index (κ3) is 4.81. The summed E-state index contributed by atoms with van der Waals surface area (Å²) in [6.07, 6.45) is 1.81. The van der Waals surface area contributed by atoms with Gasteiger partial charge in [0, 0.05) is 45.0 Å². The molecule has 150 valence electrons. The van der Waals surface area contributed by atoms with E-state index in [9.17, 15) is 4.79 Å². The normalized spacial score (nSPS) is 14.5. The fourth-order valence-electron chi connectivity index (χ4n) is 3.47. The van der Waals surface area contributed by atoms with Crippen molar-refractivity contribution in [3.8, 4) is 0 Å². The number of rotatable bonds is 6. The molecule has 0 aliphatic carbocycles. The average Bonchev–Trinajstić information content (AvgIpc) is 2.70. The van der Waals surface area contributed by atoms with Gasteiger partial charge in [0.15, 0.2) is 0 Å². The summed E-state index contributed by atoms with van der Waals surface area (Å²) in [6, 6.07) is 10.3. The number of piperazine rings is 1.